The van der Waals surface area contributed by atoms with Crippen molar-refractivity contribution in [2.45, 2.75) is 70.1 Å². The first-order chi connectivity index (χ1) is 16.6. The molecule has 2 aliphatic rings. The summed E-state index contributed by atoms with van der Waals surface area (Å²) < 4.78 is 0. The largest absolute Gasteiger partial charge is 0.399 e. The first-order valence-corrected chi connectivity index (χ1v) is 13.4. The van der Waals surface area contributed by atoms with Crippen LogP contribution in [-0.2, 0) is 12.8 Å². The minimum Gasteiger partial charge on any atom is -0.399 e. The van der Waals surface area contributed by atoms with Crippen LogP contribution in [0, 0.1) is 17.8 Å². The molecule has 34 heavy (non-hydrogen) atoms. The van der Waals surface area contributed by atoms with Crippen molar-refractivity contribution in [3.05, 3.63) is 95.1 Å². The van der Waals surface area contributed by atoms with Crippen molar-refractivity contribution in [3.63, 3.8) is 0 Å². The van der Waals surface area contributed by atoms with Crippen LogP contribution in [0.15, 0.2) is 72.8 Å². The molecule has 0 heterocycles. The fraction of sp³-hybridized carbons (Fsp3) is 0.438. The minimum atomic E-state index is 0.739. The van der Waals surface area contributed by atoms with Gasteiger partial charge in [0.25, 0.3) is 0 Å². The Morgan fingerprint density at radius 3 is 1.76 bits per heavy atom. The number of nitrogens with two attached hydrogens (primary N) is 2. The Hall–Kier alpha value is -2.74. The van der Waals surface area contributed by atoms with E-state index in [1.807, 2.05) is 18.2 Å². The van der Waals surface area contributed by atoms with Crippen LogP contribution >= 0.6 is 0 Å². The third kappa shape index (κ3) is 5.84. The van der Waals surface area contributed by atoms with E-state index in [0.717, 1.165) is 41.5 Å². The van der Waals surface area contributed by atoms with Crippen LogP contribution in [0.4, 0.5) is 11.4 Å². The first kappa shape index (κ1) is 23.0. The summed E-state index contributed by atoms with van der Waals surface area (Å²) in [6.07, 6.45) is 13.5. The topological polar surface area (TPSA) is 52.0 Å². The summed E-state index contributed by atoms with van der Waals surface area (Å²) >= 11 is 0. The summed E-state index contributed by atoms with van der Waals surface area (Å²) in [4.78, 5) is 0. The minimum absolute atomic E-state index is 0.739. The third-order valence-corrected chi connectivity index (χ3v) is 8.59. The summed E-state index contributed by atoms with van der Waals surface area (Å²) in [6.45, 7) is 0. The molecular weight excluding hydrogens is 412 g/mol. The Bertz CT molecular complexity index is 1020. The lowest BCUT2D eigenvalue weighted by Crippen LogP contribution is -2.26. The maximum atomic E-state index is 5.96. The lowest BCUT2D eigenvalue weighted by Gasteiger charge is -2.38. The van der Waals surface area contributed by atoms with Gasteiger partial charge >= 0.3 is 0 Å². The highest BCUT2D eigenvalue weighted by Gasteiger charge is 2.31. The maximum absolute atomic E-state index is 5.96. The fourth-order valence-electron chi connectivity index (χ4n) is 6.73. The Morgan fingerprint density at radius 2 is 1.15 bits per heavy atom. The second-order valence-electron chi connectivity index (χ2n) is 11.0. The van der Waals surface area contributed by atoms with Crippen LogP contribution in [0.1, 0.15) is 79.5 Å². The number of nitrogen functional groups attached to an aromatic ring is 2. The van der Waals surface area contributed by atoms with E-state index in [4.69, 9.17) is 11.5 Å². The lowest BCUT2D eigenvalue weighted by atomic mass is 9.68. The molecule has 0 spiro atoms. The van der Waals surface area contributed by atoms with Crippen LogP contribution in [0.25, 0.3) is 0 Å². The number of hydrogen-bond acceptors (Lipinski definition) is 2. The summed E-state index contributed by atoms with van der Waals surface area (Å²) in [6, 6.07) is 26.3. The molecule has 0 saturated heterocycles. The van der Waals surface area contributed by atoms with Gasteiger partial charge in [0.1, 0.15) is 0 Å². The summed E-state index contributed by atoms with van der Waals surface area (Å²) in [5.41, 5.74) is 19.0. The van der Waals surface area contributed by atoms with E-state index < -0.39 is 0 Å². The van der Waals surface area contributed by atoms with Crippen molar-refractivity contribution < 1.29 is 0 Å². The van der Waals surface area contributed by atoms with E-state index in [-0.39, 0.29) is 0 Å². The number of benzene rings is 3. The summed E-state index contributed by atoms with van der Waals surface area (Å²) in [7, 11) is 0. The van der Waals surface area contributed by atoms with Gasteiger partial charge in [-0.15, -0.1) is 0 Å². The smallest absolute Gasteiger partial charge is 0.0337 e. The quantitative estimate of drug-likeness (QED) is 0.375. The molecule has 2 aliphatic carbocycles. The molecular formula is C32H40N2. The molecule has 3 aromatic carbocycles. The molecule has 0 unspecified atom stereocenters. The number of anilines is 2. The zero-order valence-corrected chi connectivity index (χ0v) is 20.5. The van der Waals surface area contributed by atoms with Crippen molar-refractivity contribution in [3.8, 4) is 0 Å². The normalized spacial score (nSPS) is 25.2. The van der Waals surface area contributed by atoms with Gasteiger partial charge in [-0.3, -0.25) is 0 Å². The van der Waals surface area contributed by atoms with Gasteiger partial charge in [-0.1, -0.05) is 54.6 Å². The van der Waals surface area contributed by atoms with E-state index in [9.17, 15) is 0 Å². The monoisotopic (exact) mass is 452 g/mol. The highest BCUT2D eigenvalue weighted by molar-refractivity contribution is 5.55. The van der Waals surface area contributed by atoms with Gasteiger partial charge in [0.15, 0.2) is 0 Å². The Kier molecular flexibility index (Phi) is 7.23. The van der Waals surface area contributed by atoms with Gasteiger partial charge in [-0.25, -0.2) is 0 Å². The highest BCUT2D eigenvalue weighted by Crippen LogP contribution is 2.44. The fourth-order valence-corrected chi connectivity index (χ4v) is 6.73. The van der Waals surface area contributed by atoms with E-state index >= 15 is 0 Å². The van der Waals surface area contributed by atoms with Crippen LogP contribution in [-0.4, -0.2) is 0 Å². The Labute approximate surface area is 205 Å². The van der Waals surface area contributed by atoms with E-state index in [1.165, 1.54) is 80.0 Å². The molecule has 3 aromatic rings. The average Bonchev–Trinajstić information content (AvgIpc) is 2.85. The van der Waals surface area contributed by atoms with Gasteiger partial charge in [-0.05, 0) is 128 Å². The van der Waals surface area contributed by atoms with Gasteiger partial charge < -0.3 is 11.5 Å². The molecule has 4 N–H and O–H groups in total. The maximum Gasteiger partial charge on any atom is 0.0337 e. The highest BCUT2D eigenvalue weighted by atomic mass is 14.6. The van der Waals surface area contributed by atoms with Crippen molar-refractivity contribution >= 4 is 11.4 Å². The summed E-state index contributed by atoms with van der Waals surface area (Å²) in [5.74, 6) is 3.57. The Balaban J connectivity index is 1.09. The molecule has 2 fully saturated rings. The van der Waals surface area contributed by atoms with Crippen LogP contribution in [0.5, 0.6) is 0 Å². The molecule has 0 aromatic heterocycles. The molecule has 178 valence electrons. The van der Waals surface area contributed by atoms with Crippen molar-refractivity contribution in [2.24, 2.45) is 17.8 Å². The van der Waals surface area contributed by atoms with E-state index in [1.54, 1.807) is 0 Å². The zero-order chi connectivity index (χ0) is 23.3. The van der Waals surface area contributed by atoms with Crippen molar-refractivity contribution in [1.29, 1.82) is 0 Å². The zero-order valence-electron chi connectivity index (χ0n) is 20.5. The molecule has 2 heteroatoms. The predicted octanol–water partition coefficient (Wildman–Crippen LogP) is 7.76. The van der Waals surface area contributed by atoms with Crippen LogP contribution < -0.4 is 11.5 Å². The van der Waals surface area contributed by atoms with Crippen LogP contribution in [0.2, 0.25) is 0 Å². The van der Waals surface area contributed by atoms with Gasteiger partial charge in [0, 0.05) is 11.4 Å². The number of hydrogen-bond donors (Lipinski definition) is 2. The molecule has 0 atom stereocenters. The first-order valence-electron chi connectivity index (χ1n) is 13.4. The van der Waals surface area contributed by atoms with Gasteiger partial charge in [0.2, 0.25) is 0 Å². The standard InChI is InChI=1S/C32H40N2/c33-31-20-26(21-32(34)22-31)19-25-8-12-28(13-9-25)30-16-14-29(15-17-30)27-10-6-24(7-11-27)18-23-4-2-1-3-5-23/h1-5,8-9,12-13,20-22,24,27,29-30H,6-7,10-11,14-19,33-34H2. The molecule has 2 nitrogen and oxygen atoms in total. The molecule has 0 aliphatic heterocycles. The third-order valence-electron chi connectivity index (χ3n) is 8.59. The van der Waals surface area contributed by atoms with Crippen molar-refractivity contribution in [1.82, 2.24) is 0 Å². The molecule has 2 saturated carbocycles. The van der Waals surface area contributed by atoms with Gasteiger partial charge in [0.05, 0.1) is 0 Å². The average molecular weight is 453 g/mol. The van der Waals surface area contributed by atoms with E-state index in [2.05, 4.69) is 54.6 Å². The van der Waals surface area contributed by atoms with Crippen molar-refractivity contribution in [2.75, 3.05) is 11.5 Å². The molecule has 0 bridgehead atoms. The number of rotatable bonds is 6. The molecule has 0 radical (unpaired) electrons. The van der Waals surface area contributed by atoms with Gasteiger partial charge in [-0.2, -0.15) is 0 Å². The van der Waals surface area contributed by atoms with Crippen LogP contribution in [0.3, 0.4) is 0 Å². The summed E-state index contributed by atoms with van der Waals surface area (Å²) in [5, 5.41) is 0. The SMILES string of the molecule is Nc1cc(N)cc(Cc2ccc(C3CCC(C4CCC(Cc5ccccc5)CC4)CC3)cc2)c1. The second kappa shape index (κ2) is 10.7. The molecule has 5 rings (SSSR count). The molecule has 0 amide bonds. The lowest BCUT2D eigenvalue weighted by molar-refractivity contribution is 0.160. The predicted molar refractivity (Wildman–Crippen MR) is 145 cm³/mol. The second-order valence-corrected chi connectivity index (χ2v) is 11.0. The van der Waals surface area contributed by atoms with E-state index in [0.29, 0.717) is 0 Å². The Morgan fingerprint density at radius 1 is 0.559 bits per heavy atom.